The lowest BCUT2D eigenvalue weighted by molar-refractivity contribution is -0.146. The number of benzene rings is 1. The van der Waals surface area contributed by atoms with Gasteiger partial charge < -0.3 is 19.8 Å². The molecule has 0 radical (unpaired) electrons. The Bertz CT molecular complexity index is 1110. The molecular formula is C29H37N3O4S. The molecule has 5 atom stereocenters. The van der Waals surface area contributed by atoms with Gasteiger partial charge in [-0.3, -0.25) is 14.4 Å². The van der Waals surface area contributed by atoms with E-state index in [0.29, 0.717) is 39.0 Å². The van der Waals surface area contributed by atoms with Gasteiger partial charge in [0.15, 0.2) is 0 Å². The highest BCUT2D eigenvalue weighted by atomic mass is 32.2. The molecule has 2 saturated heterocycles. The zero-order valence-electron chi connectivity index (χ0n) is 21.9. The summed E-state index contributed by atoms with van der Waals surface area (Å²) in [6.07, 6.45) is 9.38. The highest BCUT2D eigenvalue weighted by molar-refractivity contribution is 8.02. The molecular weight excluding hydrogens is 486 g/mol. The molecule has 8 heteroatoms. The Balaban J connectivity index is 1.54. The zero-order chi connectivity index (χ0) is 26.4. The van der Waals surface area contributed by atoms with Crippen LogP contribution in [0.15, 0.2) is 54.6 Å². The van der Waals surface area contributed by atoms with Gasteiger partial charge in [0.05, 0.1) is 16.6 Å². The lowest BCUT2D eigenvalue weighted by atomic mass is 9.78. The van der Waals surface area contributed by atoms with Gasteiger partial charge in [-0.15, -0.1) is 11.8 Å². The summed E-state index contributed by atoms with van der Waals surface area (Å²) in [5.41, 5.74) is 0.648. The van der Waals surface area contributed by atoms with Crippen molar-refractivity contribution in [2.75, 3.05) is 26.2 Å². The highest BCUT2D eigenvalue weighted by Gasteiger charge is 2.71. The fourth-order valence-corrected chi connectivity index (χ4v) is 8.38. The first-order valence-electron chi connectivity index (χ1n) is 13.3. The summed E-state index contributed by atoms with van der Waals surface area (Å²) in [5.74, 6) is -1.31. The van der Waals surface area contributed by atoms with E-state index in [1.165, 1.54) is 0 Å². The summed E-state index contributed by atoms with van der Waals surface area (Å²) >= 11 is 1.62. The smallest absolute Gasteiger partial charge is 0.247 e. The lowest BCUT2D eigenvalue weighted by Crippen LogP contribution is -2.57. The number of amides is 3. The minimum atomic E-state index is -0.793. The third-order valence-corrected chi connectivity index (χ3v) is 9.82. The SMILES string of the molecule is CC(C)(C)N1CC=C[C@]23S[C@H]4C=CCN(Cc5ccccc5)C(=O)[C@H]4[C@H]2C(=O)N(CCCCO)C3C1=O. The van der Waals surface area contributed by atoms with Crippen molar-refractivity contribution in [3.8, 4) is 0 Å². The third kappa shape index (κ3) is 4.42. The van der Waals surface area contributed by atoms with Crippen LogP contribution < -0.4 is 0 Å². The second kappa shape index (κ2) is 9.95. The molecule has 7 nitrogen and oxygen atoms in total. The molecule has 0 saturated carbocycles. The van der Waals surface area contributed by atoms with E-state index >= 15 is 0 Å². The van der Waals surface area contributed by atoms with Crippen LogP contribution in [0.3, 0.4) is 0 Å². The van der Waals surface area contributed by atoms with Gasteiger partial charge >= 0.3 is 0 Å². The van der Waals surface area contributed by atoms with E-state index in [1.807, 2.05) is 73.1 Å². The quantitative estimate of drug-likeness (QED) is 0.458. The van der Waals surface area contributed by atoms with Crippen molar-refractivity contribution in [1.29, 1.82) is 0 Å². The van der Waals surface area contributed by atoms with E-state index in [1.54, 1.807) is 16.7 Å². The second-order valence-corrected chi connectivity index (χ2v) is 12.9. The van der Waals surface area contributed by atoms with Crippen molar-refractivity contribution in [2.24, 2.45) is 11.8 Å². The van der Waals surface area contributed by atoms with Crippen molar-refractivity contribution < 1.29 is 19.5 Å². The number of rotatable bonds is 6. The molecule has 0 bridgehead atoms. The third-order valence-electron chi connectivity index (χ3n) is 8.08. The normalized spacial score (nSPS) is 31.4. The largest absolute Gasteiger partial charge is 0.396 e. The zero-order valence-corrected chi connectivity index (χ0v) is 22.7. The van der Waals surface area contributed by atoms with Crippen LogP contribution in [0, 0.1) is 11.8 Å². The van der Waals surface area contributed by atoms with Gasteiger partial charge in [-0.05, 0) is 39.2 Å². The molecule has 1 spiro atoms. The van der Waals surface area contributed by atoms with Crippen LogP contribution in [0.25, 0.3) is 0 Å². The topological polar surface area (TPSA) is 81.2 Å². The van der Waals surface area contributed by atoms with E-state index in [0.717, 1.165) is 5.56 Å². The summed E-state index contributed by atoms with van der Waals surface area (Å²) in [5, 5.41) is 9.20. The van der Waals surface area contributed by atoms with Crippen molar-refractivity contribution >= 4 is 29.5 Å². The Morgan fingerprint density at radius 2 is 1.76 bits per heavy atom. The van der Waals surface area contributed by atoms with Crippen LogP contribution >= 0.6 is 11.8 Å². The number of aliphatic hydroxyl groups excluding tert-OH is 1. The number of carbonyl (C=O) groups excluding carboxylic acids is 3. The van der Waals surface area contributed by atoms with Crippen molar-refractivity contribution in [3.63, 3.8) is 0 Å². The summed E-state index contributed by atoms with van der Waals surface area (Å²) in [6.45, 7) is 7.96. The number of aliphatic hydroxyl groups is 1. The number of unbranched alkanes of at least 4 members (excludes halogenated alkanes) is 1. The Morgan fingerprint density at radius 3 is 2.46 bits per heavy atom. The maximum atomic E-state index is 14.2. The van der Waals surface area contributed by atoms with E-state index in [9.17, 15) is 19.5 Å². The highest BCUT2D eigenvalue weighted by Crippen LogP contribution is 2.61. The first-order chi connectivity index (χ1) is 17.7. The average molecular weight is 524 g/mol. The molecule has 2 fully saturated rings. The van der Waals surface area contributed by atoms with Crippen LogP contribution in [-0.2, 0) is 20.9 Å². The van der Waals surface area contributed by atoms with Gasteiger partial charge in [-0.2, -0.15) is 0 Å². The number of carbonyl (C=O) groups is 3. The predicted octanol–water partition coefficient (Wildman–Crippen LogP) is 2.85. The molecule has 0 aliphatic carbocycles. The number of likely N-dealkylation sites (tertiary alicyclic amines) is 1. The van der Waals surface area contributed by atoms with Gasteiger partial charge in [0.1, 0.15) is 6.04 Å². The Labute approximate surface area is 223 Å². The summed E-state index contributed by atoms with van der Waals surface area (Å²) in [6, 6.07) is 9.25. The molecule has 4 aliphatic rings. The van der Waals surface area contributed by atoms with Crippen LogP contribution in [0.5, 0.6) is 0 Å². The fraction of sp³-hybridized carbons (Fsp3) is 0.552. The van der Waals surface area contributed by atoms with Crippen LogP contribution in [0.1, 0.15) is 39.2 Å². The van der Waals surface area contributed by atoms with Gasteiger partial charge in [0.2, 0.25) is 17.7 Å². The number of fused-ring (bicyclic) bond motifs is 2. The monoisotopic (exact) mass is 523 g/mol. The Kier molecular flexibility index (Phi) is 7.00. The summed E-state index contributed by atoms with van der Waals surface area (Å²) in [7, 11) is 0. The fourth-order valence-electron chi connectivity index (χ4n) is 6.37. The molecule has 198 valence electrons. The van der Waals surface area contributed by atoms with E-state index < -0.39 is 28.2 Å². The van der Waals surface area contributed by atoms with Gasteiger partial charge in [-0.1, -0.05) is 54.6 Å². The molecule has 1 N–H and O–H groups in total. The van der Waals surface area contributed by atoms with Gasteiger partial charge in [-0.25, -0.2) is 0 Å². The van der Waals surface area contributed by atoms with Crippen LogP contribution in [0.2, 0.25) is 0 Å². The Hall–Kier alpha value is -2.58. The second-order valence-electron chi connectivity index (χ2n) is 11.5. The first kappa shape index (κ1) is 26.0. The first-order valence-corrected chi connectivity index (χ1v) is 14.1. The molecule has 1 unspecified atom stereocenters. The van der Waals surface area contributed by atoms with E-state index in [-0.39, 0.29) is 29.6 Å². The predicted molar refractivity (Wildman–Crippen MR) is 145 cm³/mol. The minimum Gasteiger partial charge on any atom is -0.396 e. The standard InChI is InChI=1S/C29H37N3O4S/c1-28(2,3)32-17-10-14-29-23(26(35)31(16-7-8-18-33)24(29)27(32)36)22-21(37-29)13-9-15-30(25(22)34)19-20-11-5-4-6-12-20/h4-6,9-14,21-24,33H,7-8,15-19H2,1-3H3/t21-,22+,23-,24?,29-/m0/s1. The molecule has 1 aromatic carbocycles. The summed E-state index contributed by atoms with van der Waals surface area (Å²) in [4.78, 5) is 47.9. The number of nitrogens with zero attached hydrogens (tertiary/aromatic N) is 3. The van der Waals surface area contributed by atoms with Crippen LogP contribution in [-0.4, -0.2) is 85.3 Å². The molecule has 1 aromatic rings. The van der Waals surface area contributed by atoms with E-state index in [4.69, 9.17) is 0 Å². The minimum absolute atomic E-state index is 0.0182. The molecule has 4 aliphatic heterocycles. The average Bonchev–Trinajstić information content (AvgIpc) is 3.16. The molecule has 0 aromatic heterocycles. The van der Waals surface area contributed by atoms with Crippen LogP contribution in [0.4, 0.5) is 0 Å². The maximum absolute atomic E-state index is 14.2. The molecule has 5 rings (SSSR count). The maximum Gasteiger partial charge on any atom is 0.247 e. The number of hydrogen-bond acceptors (Lipinski definition) is 5. The number of thioether (sulfide) groups is 1. The van der Waals surface area contributed by atoms with Gasteiger partial charge in [0.25, 0.3) is 0 Å². The van der Waals surface area contributed by atoms with Crippen molar-refractivity contribution in [1.82, 2.24) is 14.7 Å². The molecule has 4 heterocycles. The molecule has 3 amide bonds. The molecule has 37 heavy (non-hydrogen) atoms. The lowest BCUT2D eigenvalue weighted by Gasteiger charge is -2.40. The van der Waals surface area contributed by atoms with Crippen molar-refractivity contribution in [2.45, 2.75) is 61.7 Å². The summed E-state index contributed by atoms with van der Waals surface area (Å²) < 4.78 is -0.793. The van der Waals surface area contributed by atoms with Crippen molar-refractivity contribution in [3.05, 3.63) is 60.2 Å². The number of hydrogen-bond donors (Lipinski definition) is 1. The van der Waals surface area contributed by atoms with E-state index in [2.05, 4.69) is 12.2 Å². The van der Waals surface area contributed by atoms with Gasteiger partial charge in [0, 0.05) is 43.6 Å². The Morgan fingerprint density at radius 1 is 1.00 bits per heavy atom.